The molecular weight excluding hydrogens is 264 g/mol. The third-order valence-electron chi connectivity index (χ3n) is 4.30. The summed E-state index contributed by atoms with van der Waals surface area (Å²) in [4.78, 5) is 0. The van der Waals surface area contributed by atoms with Gasteiger partial charge >= 0.3 is 8.80 Å². The molecule has 2 unspecified atom stereocenters. The minimum atomic E-state index is -2.44. The first-order chi connectivity index (χ1) is 9.20. The number of hydrogen-bond donors (Lipinski definition) is 0. The average molecular weight is 290 g/mol. The molecule has 1 aliphatic carbocycles. The first-order valence-corrected chi connectivity index (χ1v) is 9.04. The fraction of sp³-hybridized carbons (Fsp3) is 1.00. The van der Waals surface area contributed by atoms with Crippen LogP contribution in [0.1, 0.15) is 32.1 Å². The molecule has 112 valence electrons. The summed E-state index contributed by atoms with van der Waals surface area (Å²) in [5.74, 6) is 0. The van der Waals surface area contributed by atoms with Crippen molar-refractivity contribution in [2.75, 3.05) is 34.5 Å². The molecule has 1 heterocycles. The maximum atomic E-state index is 6.02. The maximum Gasteiger partial charge on any atom is 0.500 e. The molecule has 6 heteroatoms. The lowest BCUT2D eigenvalue weighted by molar-refractivity contribution is -0.0275. The Labute approximate surface area is 116 Å². The van der Waals surface area contributed by atoms with E-state index < -0.39 is 8.80 Å². The molecule has 5 nitrogen and oxygen atoms in total. The quantitative estimate of drug-likeness (QED) is 0.389. The van der Waals surface area contributed by atoms with Gasteiger partial charge in [-0.3, -0.25) is 0 Å². The van der Waals surface area contributed by atoms with Gasteiger partial charge in [0.2, 0.25) is 0 Å². The number of ether oxygens (including phenoxy) is 2. The van der Waals surface area contributed by atoms with Gasteiger partial charge in [0, 0.05) is 34.0 Å². The summed E-state index contributed by atoms with van der Waals surface area (Å²) in [6, 6.07) is 0.789. The highest BCUT2D eigenvalue weighted by Crippen LogP contribution is 2.43. The molecule has 1 saturated heterocycles. The molecule has 2 aliphatic rings. The van der Waals surface area contributed by atoms with Crippen LogP contribution in [0.2, 0.25) is 6.04 Å². The van der Waals surface area contributed by atoms with Crippen LogP contribution in [-0.4, -0.2) is 55.1 Å². The van der Waals surface area contributed by atoms with Gasteiger partial charge in [0.05, 0.1) is 12.7 Å². The van der Waals surface area contributed by atoms with E-state index in [1.165, 1.54) is 12.8 Å². The second kappa shape index (κ2) is 6.65. The highest BCUT2D eigenvalue weighted by molar-refractivity contribution is 6.60. The molecular formula is C13H26O5Si. The van der Waals surface area contributed by atoms with Crippen molar-refractivity contribution in [3.05, 3.63) is 0 Å². The van der Waals surface area contributed by atoms with Crippen LogP contribution >= 0.6 is 0 Å². The molecule has 0 N–H and O–H groups in total. The van der Waals surface area contributed by atoms with Crippen LogP contribution < -0.4 is 0 Å². The van der Waals surface area contributed by atoms with Gasteiger partial charge in [0.1, 0.15) is 5.60 Å². The minimum Gasteiger partial charge on any atom is -0.377 e. The van der Waals surface area contributed by atoms with Crippen molar-refractivity contribution in [2.45, 2.75) is 49.9 Å². The zero-order valence-corrected chi connectivity index (χ0v) is 13.3. The van der Waals surface area contributed by atoms with E-state index in [0.717, 1.165) is 38.5 Å². The molecule has 0 aromatic rings. The Morgan fingerprint density at radius 2 is 1.84 bits per heavy atom. The summed E-state index contributed by atoms with van der Waals surface area (Å²) in [6.07, 6.45) is 5.99. The molecule has 0 aromatic carbocycles. The smallest absolute Gasteiger partial charge is 0.377 e. The fourth-order valence-electron chi connectivity index (χ4n) is 2.91. The lowest BCUT2D eigenvalue weighted by atomic mass is 9.87. The van der Waals surface area contributed by atoms with Crippen molar-refractivity contribution < 1.29 is 22.8 Å². The largest absolute Gasteiger partial charge is 0.500 e. The summed E-state index contributed by atoms with van der Waals surface area (Å²) < 4.78 is 27.8. The highest BCUT2D eigenvalue weighted by atomic mass is 28.4. The first kappa shape index (κ1) is 15.4. The lowest BCUT2D eigenvalue weighted by Crippen LogP contribution is -2.43. The van der Waals surface area contributed by atoms with Gasteiger partial charge in [0.15, 0.2) is 0 Å². The van der Waals surface area contributed by atoms with E-state index >= 15 is 0 Å². The SMILES string of the molecule is CO[Si](CCCOC1CCCCC12CO2)(OC)OC. The zero-order valence-electron chi connectivity index (χ0n) is 12.3. The highest BCUT2D eigenvalue weighted by Gasteiger charge is 2.53. The lowest BCUT2D eigenvalue weighted by Gasteiger charge is -2.29. The average Bonchev–Trinajstić information content (AvgIpc) is 3.22. The van der Waals surface area contributed by atoms with Crippen LogP contribution in [0.3, 0.4) is 0 Å². The third-order valence-corrected chi connectivity index (χ3v) is 7.13. The van der Waals surface area contributed by atoms with Gasteiger partial charge in [-0.15, -0.1) is 0 Å². The van der Waals surface area contributed by atoms with Crippen molar-refractivity contribution in [3.8, 4) is 0 Å². The Morgan fingerprint density at radius 1 is 1.16 bits per heavy atom. The number of hydrogen-bond acceptors (Lipinski definition) is 5. The summed E-state index contributed by atoms with van der Waals surface area (Å²) in [6.45, 7) is 1.60. The third kappa shape index (κ3) is 3.56. The van der Waals surface area contributed by atoms with E-state index in [1.54, 1.807) is 21.3 Å². The van der Waals surface area contributed by atoms with Crippen molar-refractivity contribution in [2.24, 2.45) is 0 Å². The summed E-state index contributed by atoms with van der Waals surface area (Å²) in [5, 5.41) is 0. The van der Waals surface area contributed by atoms with Crippen LogP contribution in [0.15, 0.2) is 0 Å². The Kier molecular flexibility index (Phi) is 5.39. The topological polar surface area (TPSA) is 49.5 Å². The molecule has 2 fully saturated rings. The van der Waals surface area contributed by atoms with Gasteiger partial charge in [-0.1, -0.05) is 12.8 Å². The van der Waals surface area contributed by atoms with E-state index in [0.29, 0.717) is 0 Å². The molecule has 1 aliphatic heterocycles. The van der Waals surface area contributed by atoms with Crippen molar-refractivity contribution in [1.29, 1.82) is 0 Å². The Bertz CT molecular complexity index is 270. The van der Waals surface area contributed by atoms with E-state index in [4.69, 9.17) is 22.8 Å². The van der Waals surface area contributed by atoms with E-state index in [1.807, 2.05) is 0 Å². The number of epoxide rings is 1. The monoisotopic (exact) mass is 290 g/mol. The van der Waals surface area contributed by atoms with Gasteiger partial charge in [-0.2, -0.15) is 0 Å². The van der Waals surface area contributed by atoms with Crippen molar-refractivity contribution >= 4 is 8.80 Å². The van der Waals surface area contributed by atoms with Gasteiger partial charge in [-0.05, 0) is 19.3 Å². The molecule has 0 amide bonds. The zero-order chi connectivity index (χ0) is 13.8. The van der Waals surface area contributed by atoms with Crippen LogP contribution in [0.5, 0.6) is 0 Å². The van der Waals surface area contributed by atoms with Crippen LogP contribution in [0.25, 0.3) is 0 Å². The molecule has 0 radical (unpaired) electrons. The van der Waals surface area contributed by atoms with Crippen molar-refractivity contribution in [3.63, 3.8) is 0 Å². The molecule has 2 rings (SSSR count). The number of rotatable bonds is 8. The van der Waals surface area contributed by atoms with Crippen LogP contribution in [0.4, 0.5) is 0 Å². The Morgan fingerprint density at radius 3 is 2.42 bits per heavy atom. The molecule has 19 heavy (non-hydrogen) atoms. The molecule has 0 bridgehead atoms. The summed E-state index contributed by atoms with van der Waals surface area (Å²) in [5.41, 5.74) is 0.0660. The molecule has 2 atom stereocenters. The normalized spacial score (nSPS) is 30.8. The first-order valence-electron chi connectivity index (χ1n) is 7.11. The van der Waals surface area contributed by atoms with E-state index in [-0.39, 0.29) is 11.7 Å². The second-order valence-corrected chi connectivity index (χ2v) is 8.45. The van der Waals surface area contributed by atoms with Crippen molar-refractivity contribution in [1.82, 2.24) is 0 Å². The van der Waals surface area contributed by atoms with E-state index in [9.17, 15) is 0 Å². The van der Waals surface area contributed by atoms with Crippen LogP contribution in [0, 0.1) is 0 Å². The minimum absolute atomic E-state index is 0.0660. The summed E-state index contributed by atoms with van der Waals surface area (Å²) >= 11 is 0. The standard InChI is InChI=1S/C13H26O5Si/c1-14-19(15-2,16-3)10-6-9-17-12-7-4-5-8-13(12)11-18-13/h12H,4-11H2,1-3H3. The maximum absolute atomic E-state index is 6.02. The molecule has 1 saturated carbocycles. The van der Waals surface area contributed by atoms with Gasteiger partial charge in [-0.25, -0.2) is 0 Å². The van der Waals surface area contributed by atoms with Gasteiger partial charge < -0.3 is 22.8 Å². The predicted octanol–water partition coefficient (Wildman–Crippen LogP) is 1.98. The molecule has 0 aromatic heterocycles. The second-order valence-electron chi connectivity index (χ2n) is 5.36. The Hall–Kier alpha value is 0.0169. The predicted molar refractivity (Wildman–Crippen MR) is 73.1 cm³/mol. The fourth-order valence-corrected chi connectivity index (χ4v) is 4.60. The van der Waals surface area contributed by atoms with Gasteiger partial charge in [0.25, 0.3) is 0 Å². The van der Waals surface area contributed by atoms with Crippen LogP contribution in [-0.2, 0) is 22.8 Å². The molecule has 1 spiro atoms. The Balaban J connectivity index is 1.69. The summed E-state index contributed by atoms with van der Waals surface area (Å²) in [7, 11) is 2.51. The van der Waals surface area contributed by atoms with E-state index in [2.05, 4.69) is 0 Å².